The van der Waals surface area contributed by atoms with E-state index >= 15 is 0 Å². The highest BCUT2D eigenvalue weighted by Gasteiger charge is 2.11. The first-order valence-electron chi connectivity index (χ1n) is 7.70. The van der Waals surface area contributed by atoms with Gasteiger partial charge in [-0.05, 0) is 18.6 Å². The molecule has 4 aromatic rings. The maximum Gasteiger partial charge on any atom is 0.224 e. The molecule has 1 amide bonds. The largest absolute Gasteiger partial charge is 0.464 e. The monoisotopic (exact) mass is 320 g/mol. The smallest absolute Gasteiger partial charge is 0.224 e. The fourth-order valence-electron chi connectivity index (χ4n) is 2.78. The van der Waals surface area contributed by atoms with Crippen molar-refractivity contribution in [1.29, 1.82) is 0 Å². The number of rotatable bonds is 4. The SMILES string of the molecule is Cc1ccc2c(CC(=O)NCc3cnc4cnccn34)coc2c1. The molecule has 1 N–H and O–H groups in total. The lowest BCUT2D eigenvalue weighted by Crippen LogP contribution is -2.25. The van der Waals surface area contributed by atoms with E-state index in [-0.39, 0.29) is 12.3 Å². The number of benzene rings is 1. The summed E-state index contributed by atoms with van der Waals surface area (Å²) in [4.78, 5) is 20.5. The Morgan fingerprint density at radius 3 is 3.17 bits per heavy atom. The molecular weight excluding hydrogens is 304 g/mol. The Bertz CT molecular complexity index is 1030. The van der Waals surface area contributed by atoms with E-state index in [0.29, 0.717) is 6.54 Å². The van der Waals surface area contributed by atoms with Gasteiger partial charge in [-0.15, -0.1) is 0 Å². The Balaban J connectivity index is 1.46. The van der Waals surface area contributed by atoms with Crippen LogP contribution in [0.15, 0.2) is 53.7 Å². The molecule has 0 fully saturated rings. The molecule has 0 aliphatic carbocycles. The van der Waals surface area contributed by atoms with Crippen molar-refractivity contribution in [3.8, 4) is 0 Å². The highest BCUT2D eigenvalue weighted by molar-refractivity contribution is 5.87. The minimum atomic E-state index is -0.0534. The third kappa shape index (κ3) is 2.62. The number of nitrogens with one attached hydrogen (secondary N) is 1. The molecule has 0 saturated carbocycles. The maximum absolute atomic E-state index is 12.3. The number of carbonyl (C=O) groups excluding carboxylic acids is 1. The number of hydrogen-bond donors (Lipinski definition) is 1. The second kappa shape index (κ2) is 5.81. The fraction of sp³-hybridized carbons (Fsp3) is 0.167. The van der Waals surface area contributed by atoms with Gasteiger partial charge in [0.1, 0.15) is 5.58 Å². The first kappa shape index (κ1) is 14.4. The van der Waals surface area contributed by atoms with Crippen LogP contribution in [0.3, 0.4) is 0 Å². The van der Waals surface area contributed by atoms with Crippen molar-refractivity contribution in [1.82, 2.24) is 19.7 Å². The molecule has 24 heavy (non-hydrogen) atoms. The van der Waals surface area contributed by atoms with Crippen molar-refractivity contribution < 1.29 is 9.21 Å². The normalized spacial score (nSPS) is 11.2. The van der Waals surface area contributed by atoms with Crippen molar-refractivity contribution in [3.63, 3.8) is 0 Å². The molecule has 0 aliphatic heterocycles. The van der Waals surface area contributed by atoms with E-state index in [1.807, 2.05) is 35.7 Å². The molecule has 0 aliphatic rings. The molecule has 0 spiro atoms. The predicted molar refractivity (Wildman–Crippen MR) is 89.5 cm³/mol. The van der Waals surface area contributed by atoms with Gasteiger partial charge in [0.15, 0.2) is 5.65 Å². The van der Waals surface area contributed by atoms with E-state index in [4.69, 9.17) is 4.42 Å². The van der Waals surface area contributed by atoms with E-state index in [1.165, 1.54) is 0 Å². The minimum Gasteiger partial charge on any atom is -0.464 e. The summed E-state index contributed by atoms with van der Waals surface area (Å²) in [6.45, 7) is 2.43. The second-order valence-electron chi connectivity index (χ2n) is 5.77. The van der Waals surface area contributed by atoms with Crippen LogP contribution in [0.4, 0.5) is 0 Å². The lowest BCUT2D eigenvalue weighted by atomic mass is 10.1. The van der Waals surface area contributed by atoms with Gasteiger partial charge in [-0.2, -0.15) is 0 Å². The third-order valence-corrected chi connectivity index (χ3v) is 4.02. The number of aryl methyl sites for hydroxylation is 1. The number of aromatic nitrogens is 3. The number of nitrogens with zero attached hydrogens (tertiary/aromatic N) is 3. The first-order chi connectivity index (χ1) is 11.7. The molecule has 0 saturated heterocycles. The zero-order valence-electron chi connectivity index (χ0n) is 13.2. The minimum absolute atomic E-state index is 0.0534. The Morgan fingerprint density at radius 1 is 1.33 bits per heavy atom. The lowest BCUT2D eigenvalue weighted by Gasteiger charge is -2.04. The van der Waals surface area contributed by atoms with Crippen molar-refractivity contribution in [3.05, 3.63) is 66.1 Å². The molecule has 6 heteroatoms. The maximum atomic E-state index is 12.3. The molecule has 3 aromatic heterocycles. The van der Waals surface area contributed by atoms with Gasteiger partial charge in [-0.25, -0.2) is 4.98 Å². The van der Waals surface area contributed by atoms with Gasteiger partial charge in [-0.1, -0.05) is 12.1 Å². The van der Waals surface area contributed by atoms with Crippen LogP contribution < -0.4 is 5.32 Å². The second-order valence-corrected chi connectivity index (χ2v) is 5.77. The number of hydrogen-bond acceptors (Lipinski definition) is 4. The van der Waals surface area contributed by atoms with Crippen molar-refractivity contribution in [2.75, 3.05) is 0 Å². The predicted octanol–water partition coefficient (Wildman–Crippen LogP) is 2.64. The van der Waals surface area contributed by atoms with Gasteiger partial charge in [0, 0.05) is 23.3 Å². The van der Waals surface area contributed by atoms with Crippen LogP contribution in [0.5, 0.6) is 0 Å². The van der Waals surface area contributed by atoms with Crippen molar-refractivity contribution in [2.45, 2.75) is 19.9 Å². The van der Waals surface area contributed by atoms with Crippen LogP contribution in [0, 0.1) is 6.92 Å². The summed E-state index contributed by atoms with van der Waals surface area (Å²) >= 11 is 0. The first-order valence-corrected chi connectivity index (χ1v) is 7.70. The molecule has 4 rings (SSSR count). The summed E-state index contributed by atoms with van der Waals surface area (Å²) in [5, 5.41) is 3.91. The van der Waals surface area contributed by atoms with E-state index < -0.39 is 0 Å². The summed E-state index contributed by atoms with van der Waals surface area (Å²) in [5.74, 6) is -0.0534. The topological polar surface area (TPSA) is 72.4 Å². The van der Waals surface area contributed by atoms with Gasteiger partial charge < -0.3 is 9.73 Å². The van der Waals surface area contributed by atoms with Crippen LogP contribution >= 0.6 is 0 Å². The molecule has 6 nitrogen and oxygen atoms in total. The summed E-state index contributed by atoms with van der Waals surface area (Å²) < 4.78 is 7.44. The van der Waals surface area contributed by atoms with Crippen LogP contribution in [0.1, 0.15) is 16.8 Å². The van der Waals surface area contributed by atoms with E-state index in [2.05, 4.69) is 15.3 Å². The highest BCUT2D eigenvalue weighted by atomic mass is 16.3. The lowest BCUT2D eigenvalue weighted by molar-refractivity contribution is -0.120. The van der Waals surface area contributed by atoms with Crippen LogP contribution in [-0.4, -0.2) is 20.3 Å². The summed E-state index contributed by atoms with van der Waals surface area (Å²) in [6.07, 6.45) is 8.89. The van der Waals surface area contributed by atoms with Gasteiger partial charge in [0.2, 0.25) is 5.91 Å². The molecule has 1 aromatic carbocycles. The average Bonchev–Trinajstić information content (AvgIpc) is 3.17. The average molecular weight is 320 g/mol. The third-order valence-electron chi connectivity index (χ3n) is 4.02. The van der Waals surface area contributed by atoms with Gasteiger partial charge in [0.05, 0.1) is 37.3 Å². The fourth-order valence-corrected chi connectivity index (χ4v) is 2.78. The number of amides is 1. The molecule has 0 bridgehead atoms. The van der Waals surface area contributed by atoms with Gasteiger partial charge in [0.25, 0.3) is 0 Å². The van der Waals surface area contributed by atoms with E-state index in [1.54, 1.807) is 24.9 Å². The Morgan fingerprint density at radius 2 is 2.25 bits per heavy atom. The molecular formula is C18H16N4O2. The summed E-state index contributed by atoms with van der Waals surface area (Å²) in [6, 6.07) is 5.99. The van der Waals surface area contributed by atoms with Crippen molar-refractivity contribution in [2.24, 2.45) is 0 Å². The van der Waals surface area contributed by atoms with E-state index in [0.717, 1.165) is 33.4 Å². The molecule has 0 unspecified atom stereocenters. The quantitative estimate of drug-likeness (QED) is 0.627. The highest BCUT2D eigenvalue weighted by Crippen LogP contribution is 2.22. The zero-order chi connectivity index (χ0) is 16.5. The molecule has 120 valence electrons. The van der Waals surface area contributed by atoms with E-state index in [9.17, 15) is 4.79 Å². The standard InChI is InChI=1S/C18H16N4O2/c1-12-2-3-15-13(11-24-16(15)6-12)7-18(23)21-9-14-8-20-17-10-19-4-5-22(14)17/h2-6,8,10-11H,7,9H2,1H3,(H,21,23). The number of carbonyl (C=O) groups is 1. The van der Waals surface area contributed by atoms with Crippen molar-refractivity contribution >= 4 is 22.5 Å². The zero-order valence-corrected chi connectivity index (χ0v) is 13.2. The number of imidazole rings is 1. The van der Waals surface area contributed by atoms with Crippen LogP contribution in [0.25, 0.3) is 16.6 Å². The number of furan rings is 1. The number of fused-ring (bicyclic) bond motifs is 2. The van der Waals surface area contributed by atoms with Gasteiger partial charge >= 0.3 is 0 Å². The summed E-state index contributed by atoms with van der Waals surface area (Å²) in [7, 11) is 0. The summed E-state index contributed by atoms with van der Waals surface area (Å²) in [5.41, 5.74) is 4.51. The Hall–Kier alpha value is -3.15. The Kier molecular flexibility index (Phi) is 3.49. The van der Waals surface area contributed by atoms with Crippen LogP contribution in [-0.2, 0) is 17.8 Å². The van der Waals surface area contributed by atoms with Gasteiger partial charge in [-0.3, -0.25) is 14.2 Å². The molecule has 0 radical (unpaired) electrons. The molecule has 3 heterocycles. The molecule has 0 atom stereocenters. The Labute approximate surface area is 138 Å². The van der Waals surface area contributed by atoms with Crippen LogP contribution in [0.2, 0.25) is 0 Å².